The number of para-hydroxylation sites is 1. The number of carboxylic acids is 1. The maximum atomic E-state index is 11.4. The van der Waals surface area contributed by atoms with Gasteiger partial charge in [0.1, 0.15) is 0 Å². The number of carbonyl (C=O) groups is 1. The predicted octanol–water partition coefficient (Wildman–Crippen LogP) is 4.49. The molecule has 2 aromatic carbocycles. The van der Waals surface area contributed by atoms with E-state index in [-0.39, 0.29) is 12.3 Å². The molecule has 0 aliphatic carbocycles. The molecular weight excluding hydrogens is 328 g/mol. The van der Waals surface area contributed by atoms with E-state index >= 15 is 0 Å². The van der Waals surface area contributed by atoms with Crippen LogP contribution in [0.15, 0.2) is 65.9 Å². The van der Waals surface area contributed by atoms with Crippen molar-refractivity contribution in [2.24, 2.45) is 5.16 Å². The Balaban J connectivity index is 2.05. The average Bonchev–Trinajstić information content (AvgIpc) is 3.00. The van der Waals surface area contributed by atoms with Crippen molar-refractivity contribution in [2.75, 3.05) is 0 Å². The first kappa shape index (κ1) is 17.7. The van der Waals surface area contributed by atoms with E-state index in [9.17, 15) is 9.90 Å². The molecule has 0 amide bonds. The Hall–Kier alpha value is -3.08. The SMILES string of the molecule is CC(CC(CC(=O)O)c1cn(Cc2ccccc2)c2ccccc12)=NO. The van der Waals surface area contributed by atoms with Crippen LogP contribution in [0.3, 0.4) is 0 Å². The van der Waals surface area contributed by atoms with Gasteiger partial charge in [0.25, 0.3) is 0 Å². The minimum absolute atomic E-state index is 0.00773. The molecule has 0 aliphatic rings. The second-order valence-corrected chi connectivity index (χ2v) is 6.55. The first-order valence-corrected chi connectivity index (χ1v) is 8.59. The zero-order valence-corrected chi connectivity index (χ0v) is 14.7. The molecule has 5 heteroatoms. The zero-order chi connectivity index (χ0) is 18.5. The summed E-state index contributed by atoms with van der Waals surface area (Å²) in [7, 11) is 0. The van der Waals surface area contributed by atoms with E-state index in [1.165, 1.54) is 5.56 Å². The van der Waals surface area contributed by atoms with Crippen LogP contribution in [0.5, 0.6) is 0 Å². The summed E-state index contributed by atoms with van der Waals surface area (Å²) in [5, 5.41) is 22.6. The fourth-order valence-electron chi connectivity index (χ4n) is 3.41. The summed E-state index contributed by atoms with van der Waals surface area (Å²) in [6, 6.07) is 18.2. The highest BCUT2D eigenvalue weighted by Gasteiger charge is 2.21. The second kappa shape index (κ2) is 7.87. The van der Waals surface area contributed by atoms with Crippen molar-refractivity contribution in [1.82, 2.24) is 4.57 Å². The molecule has 0 bridgehead atoms. The molecule has 0 saturated heterocycles. The lowest BCUT2D eigenvalue weighted by atomic mass is 9.90. The normalized spacial score (nSPS) is 13.0. The van der Waals surface area contributed by atoms with Gasteiger partial charge in [-0.1, -0.05) is 53.7 Å². The van der Waals surface area contributed by atoms with E-state index in [1.807, 2.05) is 48.7 Å². The van der Waals surface area contributed by atoms with Gasteiger partial charge < -0.3 is 14.9 Å². The number of aromatic nitrogens is 1. The molecule has 3 rings (SSSR count). The number of carboxylic acid groups (broad SMARTS) is 1. The highest BCUT2D eigenvalue weighted by molar-refractivity contribution is 5.88. The van der Waals surface area contributed by atoms with Crippen LogP contribution in [-0.2, 0) is 11.3 Å². The Labute approximate surface area is 152 Å². The number of nitrogens with zero attached hydrogens (tertiary/aromatic N) is 2. The van der Waals surface area contributed by atoms with Crippen LogP contribution < -0.4 is 0 Å². The summed E-state index contributed by atoms with van der Waals surface area (Å²) >= 11 is 0. The number of aliphatic carboxylic acids is 1. The number of hydrogen-bond acceptors (Lipinski definition) is 3. The molecule has 26 heavy (non-hydrogen) atoms. The van der Waals surface area contributed by atoms with Crippen molar-refractivity contribution in [3.8, 4) is 0 Å². The third-order valence-corrected chi connectivity index (χ3v) is 4.59. The van der Waals surface area contributed by atoms with Crippen LogP contribution in [0.1, 0.15) is 36.8 Å². The van der Waals surface area contributed by atoms with Gasteiger partial charge in [-0.3, -0.25) is 4.79 Å². The van der Waals surface area contributed by atoms with Crippen LogP contribution in [0.2, 0.25) is 0 Å². The first-order chi connectivity index (χ1) is 12.6. The van der Waals surface area contributed by atoms with Gasteiger partial charge in [0.15, 0.2) is 0 Å². The van der Waals surface area contributed by atoms with Gasteiger partial charge in [-0.05, 0) is 30.5 Å². The van der Waals surface area contributed by atoms with Crippen molar-refractivity contribution < 1.29 is 15.1 Å². The smallest absolute Gasteiger partial charge is 0.303 e. The van der Waals surface area contributed by atoms with Gasteiger partial charge in [0.05, 0.1) is 12.1 Å². The molecule has 1 atom stereocenters. The molecule has 1 unspecified atom stereocenters. The lowest BCUT2D eigenvalue weighted by Gasteiger charge is -2.13. The zero-order valence-electron chi connectivity index (χ0n) is 14.7. The van der Waals surface area contributed by atoms with Crippen molar-refractivity contribution in [3.63, 3.8) is 0 Å². The maximum Gasteiger partial charge on any atom is 0.303 e. The highest BCUT2D eigenvalue weighted by Crippen LogP contribution is 2.33. The van der Waals surface area contributed by atoms with Crippen LogP contribution in [0.4, 0.5) is 0 Å². The molecule has 0 radical (unpaired) electrons. The van der Waals surface area contributed by atoms with Crippen LogP contribution in [0, 0.1) is 0 Å². The van der Waals surface area contributed by atoms with E-state index in [2.05, 4.69) is 21.9 Å². The molecule has 1 heterocycles. The molecule has 1 aromatic heterocycles. The highest BCUT2D eigenvalue weighted by atomic mass is 16.4. The monoisotopic (exact) mass is 350 g/mol. The summed E-state index contributed by atoms with van der Waals surface area (Å²) in [6.45, 7) is 2.42. The van der Waals surface area contributed by atoms with E-state index in [4.69, 9.17) is 5.21 Å². The lowest BCUT2D eigenvalue weighted by Crippen LogP contribution is -2.10. The number of hydrogen-bond donors (Lipinski definition) is 2. The quantitative estimate of drug-likeness (QED) is 0.374. The Morgan fingerprint density at radius 2 is 1.77 bits per heavy atom. The molecule has 0 fully saturated rings. The standard InChI is InChI=1S/C21H22N2O3/c1-15(22-26)11-17(12-21(24)25)19-14-23(13-16-7-3-2-4-8-16)20-10-6-5-9-18(19)20/h2-10,14,17,26H,11-13H2,1H3,(H,24,25). The lowest BCUT2D eigenvalue weighted by molar-refractivity contribution is -0.137. The minimum Gasteiger partial charge on any atom is -0.481 e. The summed E-state index contributed by atoms with van der Waals surface area (Å²) < 4.78 is 2.15. The molecule has 0 aliphatic heterocycles. The van der Waals surface area contributed by atoms with E-state index in [1.54, 1.807) is 6.92 Å². The number of fused-ring (bicyclic) bond motifs is 1. The summed E-state index contributed by atoms with van der Waals surface area (Å²) in [5.41, 5.74) is 3.75. The van der Waals surface area contributed by atoms with Crippen LogP contribution >= 0.6 is 0 Å². The van der Waals surface area contributed by atoms with Crippen molar-refractivity contribution >= 4 is 22.6 Å². The molecular formula is C21H22N2O3. The van der Waals surface area contributed by atoms with Gasteiger partial charge in [0.2, 0.25) is 0 Å². The third-order valence-electron chi connectivity index (χ3n) is 4.59. The number of rotatable bonds is 7. The van der Waals surface area contributed by atoms with Crippen LogP contribution in [0.25, 0.3) is 10.9 Å². The Morgan fingerprint density at radius 3 is 2.46 bits per heavy atom. The Kier molecular flexibility index (Phi) is 5.37. The van der Waals surface area contributed by atoms with Gasteiger partial charge in [-0.15, -0.1) is 0 Å². The fraction of sp³-hybridized carbons (Fsp3) is 0.238. The van der Waals surface area contributed by atoms with Gasteiger partial charge >= 0.3 is 5.97 Å². The fourth-order valence-corrected chi connectivity index (χ4v) is 3.41. The van der Waals surface area contributed by atoms with E-state index in [0.29, 0.717) is 18.7 Å². The van der Waals surface area contributed by atoms with Gasteiger partial charge in [0, 0.05) is 29.6 Å². The third kappa shape index (κ3) is 3.94. The molecule has 5 nitrogen and oxygen atoms in total. The topological polar surface area (TPSA) is 74.8 Å². The van der Waals surface area contributed by atoms with Crippen LogP contribution in [-0.4, -0.2) is 26.6 Å². The van der Waals surface area contributed by atoms with Crippen molar-refractivity contribution in [1.29, 1.82) is 0 Å². The van der Waals surface area contributed by atoms with E-state index < -0.39 is 5.97 Å². The predicted molar refractivity (Wildman–Crippen MR) is 102 cm³/mol. The minimum atomic E-state index is -0.861. The van der Waals surface area contributed by atoms with E-state index in [0.717, 1.165) is 16.5 Å². The van der Waals surface area contributed by atoms with Gasteiger partial charge in [-0.25, -0.2) is 0 Å². The van der Waals surface area contributed by atoms with Crippen molar-refractivity contribution in [2.45, 2.75) is 32.2 Å². The van der Waals surface area contributed by atoms with Crippen molar-refractivity contribution in [3.05, 3.63) is 71.9 Å². The molecule has 3 aromatic rings. The molecule has 0 saturated carbocycles. The Morgan fingerprint density at radius 1 is 1.08 bits per heavy atom. The summed E-state index contributed by atoms with van der Waals surface area (Å²) in [6.07, 6.45) is 2.43. The summed E-state index contributed by atoms with van der Waals surface area (Å²) in [4.78, 5) is 11.4. The second-order valence-electron chi connectivity index (χ2n) is 6.55. The van der Waals surface area contributed by atoms with Gasteiger partial charge in [-0.2, -0.15) is 0 Å². The molecule has 134 valence electrons. The molecule has 2 N–H and O–H groups in total. The molecule has 0 spiro atoms. The number of oxime groups is 1. The average molecular weight is 350 g/mol. The Bertz CT molecular complexity index is 929. The maximum absolute atomic E-state index is 11.4. The first-order valence-electron chi connectivity index (χ1n) is 8.59. The number of benzene rings is 2. The largest absolute Gasteiger partial charge is 0.481 e. The summed E-state index contributed by atoms with van der Waals surface area (Å²) in [5.74, 6) is -1.11.